The Morgan fingerprint density at radius 2 is 0.893 bits per heavy atom. The molecule has 0 heterocycles. The van der Waals surface area contributed by atoms with Crippen LogP contribution in [0.2, 0.25) is 10.0 Å². The molecule has 2 aromatic carbocycles. The fraction of sp³-hybridized carbons (Fsp3) is 0.471. The van der Waals surface area contributed by atoms with Gasteiger partial charge in [0.2, 0.25) is 0 Å². The number of halogens is 8. The van der Waals surface area contributed by atoms with Crippen molar-refractivity contribution in [3.8, 4) is 0 Å². The van der Waals surface area contributed by atoms with Crippen molar-refractivity contribution in [2.45, 2.75) is 73.9 Å². The highest BCUT2D eigenvalue weighted by Crippen LogP contribution is 2.34. The number of Topliss-reactive ketones (excluding diaryl/α,β-unsaturated/α-hetero) is 6. The first-order valence-electron chi connectivity index (χ1n) is 16.2. The van der Waals surface area contributed by atoms with Crippen molar-refractivity contribution >= 4 is 77.6 Å². The zero-order valence-corrected chi connectivity index (χ0v) is 32.4. The molecule has 2 aromatic rings. The van der Waals surface area contributed by atoms with E-state index in [9.17, 15) is 71.9 Å². The van der Waals surface area contributed by atoms with Crippen molar-refractivity contribution in [1.82, 2.24) is 0 Å². The Bertz CT molecular complexity index is 1970. The molecule has 22 heteroatoms. The lowest BCUT2D eigenvalue weighted by Crippen LogP contribution is -2.35. The summed E-state index contributed by atoms with van der Waals surface area (Å²) < 4.78 is 131. The molecule has 2 saturated carbocycles. The van der Waals surface area contributed by atoms with E-state index in [-0.39, 0.29) is 47.9 Å². The lowest BCUT2D eigenvalue weighted by Gasteiger charge is -2.20. The third kappa shape index (κ3) is 12.2. The number of carbonyl (C=O) groups excluding carboxylic acids is 6. The molecule has 4 rings (SSSR count). The van der Waals surface area contributed by atoms with E-state index in [2.05, 4.69) is 9.47 Å². The lowest BCUT2D eigenvalue weighted by molar-refractivity contribution is -0.177. The highest BCUT2D eigenvalue weighted by atomic mass is 35.5. The summed E-state index contributed by atoms with van der Waals surface area (Å²) in [6.07, 6.45) is -6.81. The number of ether oxygens (including phenoxy) is 2. The van der Waals surface area contributed by atoms with E-state index in [1.165, 1.54) is 0 Å². The van der Waals surface area contributed by atoms with Gasteiger partial charge in [-0.15, -0.1) is 0 Å². The second kappa shape index (κ2) is 18.4. The molecular weight excluding hydrogens is 849 g/mol. The number of hydrogen-bond acceptors (Lipinski definition) is 12. The molecular formula is C34H32Cl2F6O12S2. The highest BCUT2D eigenvalue weighted by Gasteiger charge is 2.40. The van der Waals surface area contributed by atoms with Gasteiger partial charge < -0.3 is 9.47 Å². The van der Waals surface area contributed by atoms with Gasteiger partial charge in [0.15, 0.2) is 54.4 Å². The summed E-state index contributed by atoms with van der Waals surface area (Å²) in [7, 11) is -7.80. The zero-order valence-electron chi connectivity index (χ0n) is 29.3. The molecule has 0 saturated heterocycles. The van der Waals surface area contributed by atoms with Gasteiger partial charge in [0, 0.05) is 60.4 Å². The summed E-state index contributed by atoms with van der Waals surface area (Å²) in [4.78, 5) is 72.5. The Hall–Kier alpha value is -3.56. The van der Waals surface area contributed by atoms with Crippen LogP contribution in [0.3, 0.4) is 0 Å². The van der Waals surface area contributed by atoms with Crippen LogP contribution in [0.25, 0.3) is 0 Å². The van der Waals surface area contributed by atoms with E-state index in [4.69, 9.17) is 23.2 Å². The molecule has 0 aliphatic heterocycles. The van der Waals surface area contributed by atoms with Gasteiger partial charge in [0.1, 0.15) is 25.0 Å². The molecule has 2 fully saturated rings. The molecule has 2 aliphatic rings. The largest absolute Gasteiger partial charge is 0.411 e. The Morgan fingerprint density at radius 1 is 0.607 bits per heavy atom. The molecule has 12 nitrogen and oxygen atoms in total. The molecule has 308 valence electrons. The number of benzene rings is 2. The summed E-state index contributed by atoms with van der Waals surface area (Å²) >= 11 is 12.2. The molecule has 0 atom stereocenters. The Labute approximate surface area is 326 Å². The van der Waals surface area contributed by atoms with E-state index in [0.29, 0.717) is 12.8 Å². The fourth-order valence-corrected chi connectivity index (χ4v) is 8.38. The minimum Gasteiger partial charge on any atom is -0.367 e. The van der Waals surface area contributed by atoms with Gasteiger partial charge in [-0.2, -0.15) is 26.3 Å². The zero-order chi connectivity index (χ0) is 42.6. The Balaban J connectivity index is 0.000000300. The minimum atomic E-state index is -4.65. The van der Waals surface area contributed by atoms with Crippen molar-refractivity contribution < 1.29 is 81.4 Å². The fourth-order valence-electron chi connectivity index (χ4n) is 5.80. The average molecular weight is 882 g/mol. The first kappa shape index (κ1) is 46.8. The number of hydrogen-bond donors (Lipinski definition) is 0. The first-order chi connectivity index (χ1) is 25.7. The first-order valence-corrected chi connectivity index (χ1v) is 20.7. The van der Waals surface area contributed by atoms with Gasteiger partial charge in [-0.3, -0.25) is 28.8 Å². The van der Waals surface area contributed by atoms with Gasteiger partial charge in [0.25, 0.3) is 0 Å². The lowest BCUT2D eigenvalue weighted by atomic mass is 9.81. The average Bonchev–Trinajstić information content (AvgIpc) is 3.04. The summed E-state index contributed by atoms with van der Waals surface area (Å²) in [5.74, 6) is -7.18. The summed E-state index contributed by atoms with van der Waals surface area (Å²) in [6.45, 7) is -4.95. The monoisotopic (exact) mass is 880 g/mol. The number of rotatable bonds is 12. The van der Waals surface area contributed by atoms with Crippen LogP contribution < -0.4 is 0 Å². The summed E-state index contributed by atoms with van der Waals surface area (Å²) in [6, 6.07) is 4.09. The Kier molecular flexibility index (Phi) is 15.3. The molecule has 0 unspecified atom stereocenters. The number of alkyl halides is 6. The SMILES string of the molecule is CS(=O)(=O)c1ccc(C(=O)C2C(=O)CCCC2=O)c(Cl)c1COCC(F)(F)F.CS(=O)(=O)c1ccc(C(=O)C2C(=O)CCCC2=O)c(Cl)c1COCC(F)(F)F. The van der Waals surface area contributed by atoms with Crippen LogP contribution in [0.15, 0.2) is 34.1 Å². The van der Waals surface area contributed by atoms with Crippen molar-refractivity contribution in [3.63, 3.8) is 0 Å². The van der Waals surface area contributed by atoms with Crippen LogP contribution in [0.4, 0.5) is 26.3 Å². The van der Waals surface area contributed by atoms with Gasteiger partial charge in [-0.05, 0) is 37.1 Å². The van der Waals surface area contributed by atoms with Crippen LogP contribution in [0.5, 0.6) is 0 Å². The maximum absolute atomic E-state index is 12.7. The predicted molar refractivity (Wildman–Crippen MR) is 184 cm³/mol. The van der Waals surface area contributed by atoms with Crippen molar-refractivity contribution in [1.29, 1.82) is 0 Å². The van der Waals surface area contributed by atoms with Gasteiger partial charge in [0.05, 0.1) is 33.0 Å². The van der Waals surface area contributed by atoms with Gasteiger partial charge >= 0.3 is 12.4 Å². The third-order valence-electron chi connectivity index (χ3n) is 8.26. The van der Waals surface area contributed by atoms with Crippen LogP contribution in [-0.2, 0) is 61.5 Å². The van der Waals surface area contributed by atoms with Gasteiger partial charge in [-0.25, -0.2) is 16.8 Å². The highest BCUT2D eigenvalue weighted by molar-refractivity contribution is 7.91. The predicted octanol–water partition coefficient (Wildman–Crippen LogP) is 5.89. The van der Waals surface area contributed by atoms with Crippen molar-refractivity contribution in [2.75, 3.05) is 25.7 Å². The van der Waals surface area contributed by atoms with Gasteiger partial charge in [-0.1, -0.05) is 23.2 Å². The van der Waals surface area contributed by atoms with Crippen molar-refractivity contribution in [2.24, 2.45) is 11.8 Å². The molecule has 0 amide bonds. The maximum atomic E-state index is 12.7. The normalized spacial score (nSPS) is 16.5. The maximum Gasteiger partial charge on any atom is 0.411 e. The number of sulfone groups is 2. The molecule has 0 N–H and O–H groups in total. The topological polar surface area (TPSA) is 189 Å². The number of carbonyl (C=O) groups is 6. The van der Waals surface area contributed by atoms with E-state index in [1.54, 1.807) is 0 Å². The molecule has 0 bridgehead atoms. The molecule has 0 radical (unpaired) electrons. The molecule has 56 heavy (non-hydrogen) atoms. The smallest absolute Gasteiger partial charge is 0.367 e. The quantitative estimate of drug-likeness (QED) is 0.140. The van der Waals surface area contributed by atoms with Crippen LogP contribution >= 0.6 is 23.2 Å². The second-order valence-corrected chi connectivity index (χ2v) is 17.5. The summed E-state index contributed by atoms with van der Waals surface area (Å²) in [5, 5.41) is -0.914. The standard InChI is InChI=1S/2C17H16ClF3O6S/c2*1-28(25,26)13-6-5-9(15(18)10(13)7-27-8-17(19,20)21)16(24)14-11(22)3-2-4-12(14)23/h2*5-6,14H,2-4,7-8H2,1H3. The van der Waals surface area contributed by atoms with Crippen LogP contribution in [-0.4, -0.2) is 89.6 Å². The molecule has 2 aliphatic carbocycles. The van der Waals surface area contributed by atoms with Crippen LogP contribution in [0, 0.1) is 11.8 Å². The van der Waals surface area contributed by atoms with E-state index in [1.807, 2.05) is 0 Å². The third-order valence-corrected chi connectivity index (χ3v) is 11.5. The van der Waals surface area contributed by atoms with E-state index < -0.39 is 125 Å². The number of ketones is 6. The van der Waals surface area contributed by atoms with Crippen molar-refractivity contribution in [3.05, 3.63) is 56.6 Å². The second-order valence-electron chi connectivity index (χ2n) is 12.7. The van der Waals surface area contributed by atoms with E-state index >= 15 is 0 Å². The molecule has 0 aromatic heterocycles. The van der Waals surface area contributed by atoms with E-state index in [0.717, 1.165) is 36.8 Å². The molecule has 0 spiro atoms. The summed E-state index contributed by atoms with van der Waals surface area (Å²) in [5.41, 5.74) is -1.30. The minimum absolute atomic E-state index is 0.0444. The Morgan fingerprint density at radius 3 is 1.14 bits per heavy atom. The van der Waals surface area contributed by atoms with Crippen LogP contribution in [0.1, 0.15) is 70.4 Å².